The van der Waals surface area contributed by atoms with Crippen molar-refractivity contribution in [2.45, 2.75) is 18.4 Å². The van der Waals surface area contributed by atoms with Gasteiger partial charge >= 0.3 is 0 Å². The predicted octanol–water partition coefficient (Wildman–Crippen LogP) is 1.31. The van der Waals surface area contributed by atoms with Crippen molar-refractivity contribution in [1.29, 1.82) is 5.26 Å². The fraction of sp³-hybridized carbons (Fsp3) is 0.429. The third-order valence-electron chi connectivity index (χ3n) is 3.75. The van der Waals surface area contributed by atoms with E-state index in [-0.39, 0.29) is 11.3 Å². The summed E-state index contributed by atoms with van der Waals surface area (Å²) in [5.74, 6) is -0.576. The van der Waals surface area contributed by atoms with Crippen LogP contribution in [0.25, 0.3) is 0 Å². The maximum absolute atomic E-state index is 12.3. The van der Waals surface area contributed by atoms with Gasteiger partial charge in [-0.05, 0) is 26.0 Å². The molecule has 1 aromatic carbocycles. The molecule has 1 N–H and O–H groups in total. The molecule has 0 atom stereocenters. The summed E-state index contributed by atoms with van der Waals surface area (Å²) in [5.41, 5.74) is -1.22. The number of rotatable bonds is 3. The van der Waals surface area contributed by atoms with Crippen LogP contribution in [-0.2, 0) is 0 Å². The van der Waals surface area contributed by atoms with Crippen LogP contribution >= 0.6 is 0 Å². The topological polar surface area (TPSA) is 99.3 Å². The predicted molar refractivity (Wildman–Crippen MR) is 75.6 cm³/mol. The lowest BCUT2D eigenvalue weighted by molar-refractivity contribution is -0.385. The summed E-state index contributed by atoms with van der Waals surface area (Å²) in [6, 6.07) is 7.91. The Balaban J connectivity index is 2.22. The van der Waals surface area contributed by atoms with E-state index in [4.69, 9.17) is 0 Å². The zero-order valence-corrected chi connectivity index (χ0v) is 11.7. The minimum Gasteiger partial charge on any atom is -0.333 e. The first-order valence-electron chi connectivity index (χ1n) is 6.63. The Morgan fingerprint density at radius 2 is 2.05 bits per heavy atom. The number of piperidine rings is 1. The number of benzene rings is 1. The molecule has 1 amide bonds. The Morgan fingerprint density at radius 1 is 1.43 bits per heavy atom. The molecule has 1 aliphatic rings. The van der Waals surface area contributed by atoms with Gasteiger partial charge in [0.15, 0.2) is 0 Å². The zero-order chi connectivity index (χ0) is 15.5. The van der Waals surface area contributed by atoms with E-state index in [1.165, 1.54) is 18.2 Å². The molecule has 0 saturated carbocycles. The van der Waals surface area contributed by atoms with Crippen molar-refractivity contribution < 1.29 is 9.72 Å². The van der Waals surface area contributed by atoms with E-state index in [1.54, 1.807) is 6.07 Å². The molecule has 110 valence electrons. The Labute approximate surface area is 122 Å². The molecule has 0 bridgehead atoms. The summed E-state index contributed by atoms with van der Waals surface area (Å²) in [6.07, 6.45) is 1.01. The van der Waals surface area contributed by atoms with E-state index in [9.17, 15) is 20.2 Å². The molecule has 0 aliphatic carbocycles. The Morgan fingerprint density at radius 3 is 2.62 bits per heavy atom. The van der Waals surface area contributed by atoms with Gasteiger partial charge in [0.1, 0.15) is 11.1 Å². The van der Waals surface area contributed by atoms with E-state index in [1.807, 2.05) is 7.05 Å². The number of hydrogen-bond acceptors (Lipinski definition) is 5. The van der Waals surface area contributed by atoms with Crippen molar-refractivity contribution in [1.82, 2.24) is 10.2 Å². The normalized spacial score (nSPS) is 17.7. The van der Waals surface area contributed by atoms with Crippen molar-refractivity contribution >= 4 is 11.6 Å². The quantitative estimate of drug-likeness (QED) is 0.667. The summed E-state index contributed by atoms with van der Waals surface area (Å²) in [4.78, 5) is 24.7. The highest BCUT2D eigenvalue weighted by molar-refractivity contribution is 5.98. The molecule has 1 saturated heterocycles. The largest absolute Gasteiger partial charge is 0.333 e. The monoisotopic (exact) mass is 288 g/mol. The molecule has 21 heavy (non-hydrogen) atoms. The minimum absolute atomic E-state index is 0.0175. The molecule has 2 rings (SSSR count). The number of para-hydroxylation sites is 1. The average molecular weight is 288 g/mol. The van der Waals surface area contributed by atoms with Crippen molar-refractivity contribution in [3.05, 3.63) is 39.9 Å². The molecule has 1 aromatic rings. The van der Waals surface area contributed by atoms with Crippen LogP contribution in [0, 0.1) is 21.4 Å². The van der Waals surface area contributed by atoms with Gasteiger partial charge in [-0.15, -0.1) is 0 Å². The average Bonchev–Trinajstić information content (AvgIpc) is 2.49. The highest BCUT2D eigenvalue weighted by atomic mass is 16.6. The van der Waals surface area contributed by atoms with Crippen molar-refractivity contribution in [2.75, 3.05) is 20.1 Å². The number of nitrogens with zero attached hydrogens (tertiary/aromatic N) is 3. The molecule has 0 unspecified atom stereocenters. The maximum Gasteiger partial charge on any atom is 0.282 e. The maximum atomic E-state index is 12.3. The van der Waals surface area contributed by atoms with Gasteiger partial charge in [-0.1, -0.05) is 12.1 Å². The number of nitriles is 1. The SMILES string of the molecule is CN1CCC(C#N)(NC(=O)c2ccccc2[N+](=O)[O-])CC1. The molecule has 7 nitrogen and oxygen atoms in total. The van der Waals surface area contributed by atoms with E-state index in [2.05, 4.69) is 16.3 Å². The number of carbonyl (C=O) groups is 1. The van der Waals surface area contributed by atoms with Gasteiger partial charge < -0.3 is 10.2 Å². The molecule has 0 radical (unpaired) electrons. The van der Waals surface area contributed by atoms with Crippen LogP contribution in [0.4, 0.5) is 5.69 Å². The van der Waals surface area contributed by atoms with Crippen LogP contribution in [0.5, 0.6) is 0 Å². The van der Waals surface area contributed by atoms with Crippen molar-refractivity contribution in [3.63, 3.8) is 0 Å². The van der Waals surface area contributed by atoms with Gasteiger partial charge in [-0.3, -0.25) is 14.9 Å². The summed E-state index contributed by atoms with van der Waals surface area (Å²) >= 11 is 0. The molecular formula is C14H16N4O3. The van der Waals surface area contributed by atoms with Gasteiger partial charge in [0.25, 0.3) is 11.6 Å². The molecule has 0 spiro atoms. The lowest BCUT2D eigenvalue weighted by Gasteiger charge is -2.35. The standard InChI is InChI=1S/C14H16N4O3/c1-17-8-6-14(10-15,7-9-17)16-13(19)11-4-2-3-5-12(11)18(20)21/h2-5H,6-9H2,1H3,(H,16,19). The first-order valence-corrected chi connectivity index (χ1v) is 6.63. The fourth-order valence-corrected chi connectivity index (χ4v) is 2.37. The highest BCUT2D eigenvalue weighted by Gasteiger charge is 2.36. The van der Waals surface area contributed by atoms with Gasteiger partial charge in [-0.2, -0.15) is 5.26 Å². The van der Waals surface area contributed by atoms with Crippen molar-refractivity contribution in [3.8, 4) is 6.07 Å². The number of amides is 1. The van der Waals surface area contributed by atoms with E-state index >= 15 is 0 Å². The van der Waals surface area contributed by atoms with Gasteiger partial charge in [0.05, 0.1) is 11.0 Å². The Hall–Kier alpha value is -2.46. The third-order valence-corrected chi connectivity index (χ3v) is 3.75. The van der Waals surface area contributed by atoms with Crippen LogP contribution in [-0.4, -0.2) is 41.4 Å². The third kappa shape index (κ3) is 3.17. The number of nitro groups is 1. The molecule has 0 aromatic heterocycles. The number of likely N-dealkylation sites (tertiary alicyclic amines) is 1. The number of nitro benzene ring substituents is 1. The first kappa shape index (κ1) is 14.9. The summed E-state index contributed by atoms with van der Waals surface area (Å²) in [5, 5.41) is 23.0. The Bertz CT molecular complexity index is 600. The number of carbonyl (C=O) groups excluding carboxylic acids is 1. The van der Waals surface area contributed by atoms with Crippen LogP contribution in [0.3, 0.4) is 0 Å². The van der Waals surface area contributed by atoms with E-state index in [0.717, 1.165) is 0 Å². The van der Waals surface area contributed by atoms with Crippen LogP contribution in [0.15, 0.2) is 24.3 Å². The summed E-state index contributed by atoms with van der Waals surface area (Å²) in [7, 11) is 1.95. The van der Waals surface area contributed by atoms with Crippen LogP contribution in [0.2, 0.25) is 0 Å². The van der Waals surface area contributed by atoms with Gasteiger partial charge in [-0.25, -0.2) is 0 Å². The zero-order valence-electron chi connectivity index (χ0n) is 11.7. The lowest BCUT2D eigenvalue weighted by Crippen LogP contribution is -2.53. The second-order valence-corrected chi connectivity index (χ2v) is 5.23. The van der Waals surface area contributed by atoms with E-state index < -0.39 is 16.4 Å². The van der Waals surface area contributed by atoms with Crippen LogP contribution < -0.4 is 5.32 Å². The number of nitrogens with one attached hydrogen (secondary N) is 1. The Kier molecular flexibility index (Phi) is 4.19. The molecule has 1 heterocycles. The molecule has 7 heteroatoms. The van der Waals surface area contributed by atoms with Crippen molar-refractivity contribution in [2.24, 2.45) is 0 Å². The summed E-state index contributed by atoms with van der Waals surface area (Å²) < 4.78 is 0. The highest BCUT2D eigenvalue weighted by Crippen LogP contribution is 2.23. The second kappa shape index (κ2) is 5.89. The molecular weight excluding hydrogens is 272 g/mol. The smallest absolute Gasteiger partial charge is 0.282 e. The van der Waals surface area contributed by atoms with Gasteiger partial charge in [0, 0.05) is 19.2 Å². The van der Waals surface area contributed by atoms with Gasteiger partial charge in [0.2, 0.25) is 0 Å². The second-order valence-electron chi connectivity index (χ2n) is 5.23. The first-order chi connectivity index (χ1) is 9.97. The number of hydrogen-bond donors (Lipinski definition) is 1. The molecule has 1 aliphatic heterocycles. The van der Waals surface area contributed by atoms with Crippen LogP contribution in [0.1, 0.15) is 23.2 Å². The van der Waals surface area contributed by atoms with E-state index in [0.29, 0.717) is 25.9 Å². The fourth-order valence-electron chi connectivity index (χ4n) is 2.37. The lowest BCUT2D eigenvalue weighted by atomic mass is 9.88. The minimum atomic E-state index is -0.951. The molecule has 1 fully saturated rings. The summed E-state index contributed by atoms with van der Waals surface area (Å²) in [6.45, 7) is 1.40.